The zero-order valence-electron chi connectivity index (χ0n) is 71.7. The lowest BCUT2D eigenvalue weighted by molar-refractivity contribution is 0.674. The third-order valence-corrected chi connectivity index (χ3v) is 22.0. The molecule has 0 spiro atoms. The van der Waals surface area contributed by atoms with Crippen LogP contribution in [0.5, 0.6) is 0 Å². The van der Waals surface area contributed by atoms with Crippen molar-refractivity contribution in [3.63, 3.8) is 0 Å². The molecule has 7 rings (SSSR count). The standard InChI is InChI=1S/C102H132N12/c1-13-25-49-109(50-26-14-2)97-70-98(110(51-27-15-3)52-28-16-4)86-44-38-80-62-82(94(76-106)68-93(80)75-105)40-46-88-66-90(102(114(59-35-23-11)60-36-24-12)72-101(88)113(57-33-21-9)58-34-22-10)48-42-84-63-83(95(77-107)69-96(84)78-108)41-47-89-65-87(45-39-81-61-79(37-43-85(97)64-86)91(73-103)67-92(81)74-104)99(111(53-29-17-5)54-30-18-6)71-100(89)112(55-31-19-7)56-32-20-8/h37-48,61-72H,13-36,49-60H2,1-12H3. The molecule has 0 fully saturated rings. The molecule has 7 aromatic rings. The quantitative estimate of drug-likeness (QED) is 0.0356. The lowest BCUT2D eigenvalue weighted by Gasteiger charge is -2.30. The van der Waals surface area contributed by atoms with Gasteiger partial charge in [0, 0.05) is 113 Å². The Hall–Kier alpha value is -10.5. The number of fused-ring (bicyclic) bond motifs is 12. The number of nitrogens with zero attached hydrogens (tertiary/aromatic N) is 12. The van der Waals surface area contributed by atoms with E-state index in [1.807, 2.05) is 18.2 Å². The van der Waals surface area contributed by atoms with Gasteiger partial charge in [0.05, 0.1) is 69.8 Å². The molecule has 0 aliphatic heterocycles. The second kappa shape index (κ2) is 49.9. The first-order valence-electron chi connectivity index (χ1n) is 43.9. The Kier molecular flexibility index (Phi) is 39.7. The second-order valence-electron chi connectivity index (χ2n) is 30.8. The molecule has 12 heteroatoms. The lowest BCUT2D eigenvalue weighted by atomic mass is 10.0. The summed E-state index contributed by atoms with van der Waals surface area (Å²) in [6, 6.07) is 65.7. The van der Waals surface area contributed by atoms with E-state index in [0.717, 1.165) is 299 Å². The number of nitriles is 6. The molecule has 0 saturated heterocycles. The predicted octanol–water partition coefficient (Wildman–Crippen LogP) is 27.3. The van der Waals surface area contributed by atoms with Crippen molar-refractivity contribution in [3.8, 4) is 36.4 Å². The Bertz CT molecular complexity index is 4100. The summed E-state index contributed by atoms with van der Waals surface area (Å²) in [5.74, 6) is 0. The molecule has 0 aromatic heterocycles. The summed E-state index contributed by atoms with van der Waals surface area (Å²) < 4.78 is 0. The van der Waals surface area contributed by atoms with Gasteiger partial charge in [-0.05, 0) is 214 Å². The van der Waals surface area contributed by atoms with Crippen LogP contribution in [0.4, 0.5) is 34.1 Å². The highest BCUT2D eigenvalue weighted by molar-refractivity contribution is 5.97. The number of rotatable bonds is 42. The van der Waals surface area contributed by atoms with Crippen LogP contribution in [-0.2, 0) is 0 Å². The van der Waals surface area contributed by atoms with E-state index in [-0.39, 0.29) is 0 Å². The van der Waals surface area contributed by atoms with Gasteiger partial charge >= 0.3 is 0 Å². The molecule has 12 nitrogen and oxygen atoms in total. The smallest absolute Gasteiger partial charge is 0.0998 e. The van der Waals surface area contributed by atoms with Crippen LogP contribution in [0.15, 0.2) is 146 Å². The van der Waals surface area contributed by atoms with Gasteiger partial charge in [-0.15, -0.1) is 0 Å². The Labute approximate surface area is 686 Å². The van der Waals surface area contributed by atoms with Crippen molar-refractivity contribution in [2.75, 3.05) is 108 Å². The van der Waals surface area contributed by atoms with Crippen LogP contribution in [0.25, 0.3) is 64.6 Å². The summed E-state index contributed by atoms with van der Waals surface area (Å²) in [5, 5.41) is 76.8. The monoisotopic (exact) mass is 1530 g/mol. The molecule has 0 heterocycles. The van der Waals surface area contributed by atoms with E-state index in [4.69, 9.17) is 0 Å². The van der Waals surface area contributed by atoms with Gasteiger partial charge < -0.3 is 29.4 Å². The normalized spacial score (nSPS) is 10.8. The molecule has 12 bridgehead atoms. The lowest BCUT2D eigenvalue weighted by Crippen LogP contribution is -2.28. The average molecular weight is 1530 g/mol. The highest BCUT2D eigenvalue weighted by Gasteiger charge is 2.21. The van der Waals surface area contributed by atoms with Crippen LogP contribution in [0.3, 0.4) is 0 Å². The number of benzene rings is 6. The number of hydrogen-bond donors (Lipinski definition) is 0. The first kappa shape index (κ1) is 90.7. The largest absolute Gasteiger partial charge is 0.371 e. The predicted molar refractivity (Wildman–Crippen MR) is 491 cm³/mol. The third kappa shape index (κ3) is 25.8. The van der Waals surface area contributed by atoms with Crippen LogP contribution in [0, 0.1) is 68.0 Å². The van der Waals surface area contributed by atoms with Crippen molar-refractivity contribution in [2.45, 2.75) is 237 Å². The number of unbranched alkanes of at least 4 members (excludes halogenated alkanes) is 12. The maximum absolute atomic E-state index is 11.1. The minimum absolute atomic E-state index is 0.397. The van der Waals surface area contributed by atoms with Gasteiger partial charge in [-0.25, -0.2) is 0 Å². The molecule has 0 N–H and O–H groups in total. The van der Waals surface area contributed by atoms with Crippen molar-refractivity contribution in [1.82, 2.24) is 0 Å². The maximum Gasteiger partial charge on any atom is 0.0998 e. The van der Waals surface area contributed by atoms with Gasteiger partial charge in [-0.1, -0.05) is 233 Å². The first-order chi connectivity index (χ1) is 55.8. The van der Waals surface area contributed by atoms with Gasteiger partial charge in [-0.2, -0.15) is 31.6 Å². The second-order valence-corrected chi connectivity index (χ2v) is 30.8. The topological polar surface area (TPSA) is 162 Å². The van der Waals surface area contributed by atoms with Crippen molar-refractivity contribution in [1.29, 1.82) is 31.6 Å². The summed E-state index contributed by atoms with van der Waals surface area (Å²) in [7, 11) is 0. The molecule has 0 saturated carbocycles. The molecular formula is C102H132N12. The van der Waals surface area contributed by atoms with Gasteiger partial charge in [0.2, 0.25) is 0 Å². The zero-order valence-corrected chi connectivity index (χ0v) is 71.7. The van der Waals surface area contributed by atoms with E-state index < -0.39 is 0 Å². The van der Waals surface area contributed by atoms with Crippen molar-refractivity contribution >= 4 is 98.8 Å². The summed E-state index contributed by atoms with van der Waals surface area (Å²) in [6.07, 6.45) is 24.6. The van der Waals surface area contributed by atoms with Crippen LogP contribution in [0.2, 0.25) is 0 Å². The van der Waals surface area contributed by atoms with Crippen LogP contribution < -0.4 is 29.4 Å². The molecule has 114 heavy (non-hydrogen) atoms. The summed E-state index contributed by atoms with van der Waals surface area (Å²) in [6.45, 7) is 37.5. The molecule has 0 radical (unpaired) electrons. The molecule has 0 atom stereocenters. The molecule has 0 unspecified atom stereocenters. The molecular weight excluding hydrogens is 1390 g/mol. The first-order valence-corrected chi connectivity index (χ1v) is 43.9. The Balaban J connectivity index is 1.89. The zero-order chi connectivity index (χ0) is 82.0. The minimum atomic E-state index is 0.397. The van der Waals surface area contributed by atoms with E-state index in [1.54, 1.807) is 18.2 Å². The summed E-state index contributed by atoms with van der Waals surface area (Å²) >= 11 is 0. The fourth-order valence-electron chi connectivity index (χ4n) is 15.0. The van der Waals surface area contributed by atoms with E-state index in [2.05, 4.69) is 258 Å². The Morgan fingerprint density at radius 1 is 0.167 bits per heavy atom. The third-order valence-electron chi connectivity index (χ3n) is 22.0. The fraction of sp³-hybridized carbons (Fsp3) is 0.471. The summed E-state index contributed by atoms with van der Waals surface area (Å²) in [4.78, 5) is 15.4. The minimum Gasteiger partial charge on any atom is -0.371 e. The highest BCUT2D eigenvalue weighted by atomic mass is 15.2. The van der Waals surface area contributed by atoms with Crippen LogP contribution in [0.1, 0.15) is 271 Å². The maximum atomic E-state index is 11.1. The molecule has 0 amide bonds. The van der Waals surface area contributed by atoms with Crippen LogP contribution >= 0.6 is 0 Å². The number of anilines is 6. The Morgan fingerprint density at radius 3 is 0.395 bits per heavy atom. The van der Waals surface area contributed by atoms with E-state index in [9.17, 15) is 31.6 Å². The SMILES string of the molecule is CCCCN(CCCC)c1cc(N(CCCC)CCCC)c2ccc3cc(ccc4cc(ccc5cc(ccc6cc(ccc7cc(ccc1c2)c(C#N)cc7C#N)c(N(CCCC)CCCC)cc6N(CCCC)CCCC)c(C#N)cc5C#N)c(N(CCCC)CCCC)cc4N(CCCC)CCCC)c(C#N)cc3C#N. The highest BCUT2D eigenvalue weighted by Crippen LogP contribution is 2.39. The van der Waals surface area contributed by atoms with E-state index in [1.165, 1.54) is 0 Å². The van der Waals surface area contributed by atoms with E-state index in [0.29, 0.717) is 65.7 Å². The van der Waals surface area contributed by atoms with Crippen molar-refractivity contribution < 1.29 is 0 Å². The van der Waals surface area contributed by atoms with Gasteiger partial charge in [0.15, 0.2) is 0 Å². The van der Waals surface area contributed by atoms with Crippen LogP contribution in [-0.4, -0.2) is 78.5 Å². The van der Waals surface area contributed by atoms with Gasteiger partial charge in [0.1, 0.15) is 0 Å². The van der Waals surface area contributed by atoms with Gasteiger partial charge in [0.25, 0.3) is 0 Å². The van der Waals surface area contributed by atoms with Crippen molar-refractivity contribution in [2.24, 2.45) is 0 Å². The molecule has 7 aromatic carbocycles. The fourth-order valence-corrected chi connectivity index (χ4v) is 15.0. The summed E-state index contributed by atoms with van der Waals surface area (Å²) in [5.41, 5.74) is 9.09. The van der Waals surface area contributed by atoms with Gasteiger partial charge in [-0.3, -0.25) is 0 Å². The van der Waals surface area contributed by atoms with Crippen molar-refractivity contribution in [3.05, 3.63) is 179 Å². The Morgan fingerprint density at radius 2 is 0.281 bits per heavy atom. The average Bonchev–Trinajstić information content (AvgIpc) is 0.809. The molecule has 600 valence electrons. The number of hydrogen-bond acceptors (Lipinski definition) is 12. The molecule has 0 aliphatic carbocycles. The molecule has 0 aliphatic rings. The van der Waals surface area contributed by atoms with E-state index >= 15 is 0 Å².